The first-order valence-corrected chi connectivity index (χ1v) is 18.8. The topological polar surface area (TPSA) is 231 Å². The summed E-state index contributed by atoms with van der Waals surface area (Å²) in [6.07, 6.45) is -7.23. The molecule has 0 aromatic carbocycles. The van der Waals surface area contributed by atoms with Crippen molar-refractivity contribution in [3.05, 3.63) is 23.3 Å². The fraction of sp³-hybridized carbons (Fsp3) is 0.744. The van der Waals surface area contributed by atoms with Crippen LogP contribution in [0.2, 0.25) is 0 Å². The van der Waals surface area contributed by atoms with E-state index in [2.05, 4.69) is 5.32 Å². The standard InChI is InChI=1S/C39H55NO15/c1-19-23-17-39(49)32(53-26(44)15-13-11-10-12-14-22(28(45)33(47)52-23)40-34(48)55-35(4,5)6)30-37(9,24(43)16-25-38(30,18-50-25)54-21(3)42)31(46)29(51-20(2)41)27(19)36(39,7)8/h10-11,22-25,28-30,32,43,45,49H,12-18H2,1-9H3,(H,40,48)/b11-10+. The van der Waals surface area contributed by atoms with E-state index in [0.29, 0.717) is 0 Å². The van der Waals surface area contributed by atoms with E-state index in [9.17, 15) is 39.3 Å². The van der Waals surface area contributed by atoms with Gasteiger partial charge < -0.3 is 49.1 Å². The molecule has 306 valence electrons. The highest BCUT2D eigenvalue weighted by atomic mass is 16.6. The number of rotatable bonds is 3. The SMILES string of the molecule is CC(=O)OC1C(=O)C2(C)C(O)CC3OCC3(OC(C)=O)C2C2OC(=O)CC/C=C/CCC(NC(=O)OC(C)(C)C)C(O)C(=O)OC3CC2(O)C(C)(C)C1=C3C. The van der Waals surface area contributed by atoms with Crippen LogP contribution >= 0.6 is 0 Å². The highest BCUT2D eigenvalue weighted by Crippen LogP contribution is 2.64. The Kier molecular flexibility index (Phi) is 11.5. The van der Waals surface area contributed by atoms with Crippen LogP contribution in [0.4, 0.5) is 4.79 Å². The number of allylic oxidation sites excluding steroid dienone is 2. The van der Waals surface area contributed by atoms with E-state index in [0.717, 1.165) is 13.8 Å². The summed E-state index contributed by atoms with van der Waals surface area (Å²) < 4.78 is 35.2. The maximum atomic E-state index is 15.2. The Morgan fingerprint density at radius 1 is 0.982 bits per heavy atom. The largest absolute Gasteiger partial charge is 0.459 e. The molecule has 5 rings (SSSR count). The molecule has 0 radical (unpaired) electrons. The second-order valence-electron chi connectivity index (χ2n) is 17.2. The molecule has 3 aliphatic carbocycles. The van der Waals surface area contributed by atoms with Crippen molar-refractivity contribution in [3.8, 4) is 0 Å². The van der Waals surface area contributed by atoms with Gasteiger partial charge in [0.05, 0.1) is 30.1 Å². The van der Waals surface area contributed by atoms with Crippen LogP contribution in [0.25, 0.3) is 0 Å². The number of ketones is 1. The van der Waals surface area contributed by atoms with E-state index in [1.165, 1.54) is 13.8 Å². The van der Waals surface area contributed by atoms with Gasteiger partial charge in [-0.15, -0.1) is 0 Å². The predicted molar refractivity (Wildman–Crippen MR) is 190 cm³/mol. The van der Waals surface area contributed by atoms with E-state index in [1.54, 1.807) is 46.8 Å². The minimum atomic E-state index is -2.30. The van der Waals surface area contributed by atoms with E-state index in [-0.39, 0.29) is 49.9 Å². The lowest BCUT2D eigenvalue weighted by Crippen LogP contribution is -2.82. The number of hydrogen-bond acceptors (Lipinski definition) is 15. The quantitative estimate of drug-likeness (QED) is 0.183. The van der Waals surface area contributed by atoms with Gasteiger partial charge >= 0.3 is 30.0 Å². The third-order valence-corrected chi connectivity index (χ3v) is 12.1. The van der Waals surface area contributed by atoms with Crippen molar-refractivity contribution >= 4 is 35.8 Å². The van der Waals surface area contributed by atoms with Gasteiger partial charge in [0.2, 0.25) is 0 Å². The number of esters is 4. The Bertz CT molecular complexity index is 1660. The van der Waals surface area contributed by atoms with Crippen molar-refractivity contribution in [3.63, 3.8) is 0 Å². The molecule has 0 aromatic rings. The maximum absolute atomic E-state index is 15.2. The highest BCUT2D eigenvalue weighted by Gasteiger charge is 2.78. The van der Waals surface area contributed by atoms with Gasteiger partial charge in [0.25, 0.3) is 0 Å². The van der Waals surface area contributed by atoms with Crippen LogP contribution < -0.4 is 5.32 Å². The highest BCUT2D eigenvalue weighted by molar-refractivity contribution is 5.95. The smallest absolute Gasteiger partial charge is 0.407 e. The van der Waals surface area contributed by atoms with Crippen molar-refractivity contribution in [2.24, 2.45) is 16.7 Å². The second-order valence-corrected chi connectivity index (χ2v) is 17.2. The Hall–Kier alpha value is -3.86. The number of nitrogens with one attached hydrogen (secondary N) is 1. The van der Waals surface area contributed by atoms with Crippen LogP contribution in [0.15, 0.2) is 23.3 Å². The van der Waals surface area contributed by atoms with Crippen LogP contribution in [0.5, 0.6) is 0 Å². The maximum Gasteiger partial charge on any atom is 0.407 e. The number of amides is 1. The van der Waals surface area contributed by atoms with Crippen LogP contribution in [0, 0.1) is 16.7 Å². The van der Waals surface area contributed by atoms with Crippen molar-refractivity contribution in [2.45, 2.75) is 160 Å². The zero-order valence-electron chi connectivity index (χ0n) is 33.0. The molecule has 16 heteroatoms. The van der Waals surface area contributed by atoms with Gasteiger partial charge in [0.15, 0.2) is 23.6 Å². The minimum absolute atomic E-state index is 0.0302. The van der Waals surface area contributed by atoms with Gasteiger partial charge in [0, 0.05) is 38.5 Å². The number of hydrogen-bond donors (Lipinski definition) is 4. The lowest BCUT2D eigenvalue weighted by Gasteiger charge is -2.67. The van der Waals surface area contributed by atoms with Crippen molar-refractivity contribution in [1.29, 1.82) is 0 Å². The first-order chi connectivity index (χ1) is 25.4. The molecule has 3 bridgehead atoms. The van der Waals surface area contributed by atoms with Gasteiger partial charge in [-0.1, -0.05) is 26.0 Å². The zero-order valence-corrected chi connectivity index (χ0v) is 33.0. The molecule has 1 saturated heterocycles. The molecular formula is C39H55NO15. The summed E-state index contributed by atoms with van der Waals surface area (Å²) in [5.41, 5.74) is -8.25. The van der Waals surface area contributed by atoms with E-state index >= 15 is 4.79 Å². The number of ether oxygens (including phenoxy) is 6. The summed E-state index contributed by atoms with van der Waals surface area (Å²) in [5, 5.41) is 39.2. The molecule has 2 heterocycles. The van der Waals surface area contributed by atoms with E-state index < -0.39 is 118 Å². The normalized spacial score (nSPS) is 39.7. The number of aliphatic hydroxyl groups excluding tert-OH is 2. The number of carbonyl (C=O) groups is 6. The minimum Gasteiger partial charge on any atom is -0.459 e. The average Bonchev–Trinajstić information content (AvgIpc) is 3.05. The number of carbonyl (C=O) groups excluding carboxylic acids is 6. The molecule has 2 aliphatic heterocycles. The monoisotopic (exact) mass is 777 g/mol. The first kappa shape index (κ1) is 42.3. The van der Waals surface area contributed by atoms with Gasteiger partial charge in [-0.2, -0.15) is 0 Å². The fourth-order valence-corrected chi connectivity index (χ4v) is 9.32. The molecule has 16 nitrogen and oxygen atoms in total. The van der Waals surface area contributed by atoms with Crippen molar-refractivity contribution in [1.82, 2.24) is 5.32 Å². The van der Waals surface area contributed by atoms with Crippen molar-refractivity contribution < 1.29 is 72.5 Å². The Labute approximate surface area is 320 Å². The van der Waals surface area contributed by atoms with Gasteiger partial charge in [-0.05, 0) is 65.0 Å². The molecule has 3 fully saturated rings. The molecule has 11 unspecified atom stereocenters. The number of alkyl carbamates (subject to hydrolysis) is 1. The van der Waals surface area contributed by atoms with Gasteiger partial charge in [-0.25, -0.2) is 9.59 Å². The summed E-state index contributed by atoms with van der Waals surface area (Å²) >= 11 is 0. The Morgan fingerprint density at radius 2 is 1.64 bits per heavy atom. The summed E-state index contributed by atoms with van der Waals surface area (Å²) in [6, 6.07) is -1.20. The lowest BCUT2D eigenvalue weighted by molar-refractivity contribution is -0.347. The number of fused-ring (bicyclic) bond motifs is 6. The van der Waals surface area contributed by atoms with Crippen LogP contribution in [0.1, 0.15) is 101 Å². The van der Waals surface area contributed by atoms with Crippen molar-refractivity contribution in [2.75, 3.05) is 6.61 Å². The third-order valence-electron chi connectivity index (χ3n) is 12.1. The number of Topliss-reactive ketones (excluding diaryl/α,β-unsaturated/α-hetero) is 1. The molecule has 5 aliphatic rings. The second kappa shape index (κ2) is 14.9. The predicted octanol–water partition coefficient (Wildman–Crippen LogP) is 2.27. The lowest BCUT2D eigenvalue weighted by atomic mass is 9.44. The summed E-state index contributed by atoms with van der Waals surface area (Å²) in [6.45, 7) is 13.0. The Morgan fingerprint density at radius 3 is 2.22 bits per heavy atom. The molecule has 1 amide bonds. The molecule has 4 N–H and O–H groups in total. The fourth-order valence-electron chi connectivity index (χ4n) is 9.32. The average molecular weight is 778 g/mol. The zero-order chi connectivity index (χ0) is 41.1. The van der Waals surface area contributed by atoms with Gasteiger partial charge in [-0.3, -0.25) is 19.2 Å². The van der Waals surface area contributed by atoms with Crippen LogP contribution in [0.3, 0.4) is 0 Å². The molecule has 55 heavy (non-hydrogen) atoms. The molecular weight excluding hydrogens is 722 g/mol. The first-order valence-electron chi connectivity index (χ1n) is 18.8. The summed E-state index contributed by atoms with van der Waals surface area (Å²) in [4.78, 5) is 81.4. The van der Waals surface area contributed by atoms with Crippen LogP contribution in [-0.2, 0) is 52.4 Å². The molecule has 2 saturated carbocycles. The summed E-state index contributed by atoms with van der Waals surface area (Å²) in [7, 11) is 0. The Balaban J connectivity index is 1.74. The molecule has 11 atom stereocenters. The van der Waals surface area contributed by atoms with E-state index in [4.69, 9.17) is 28.4 Å². The summed E-state index contributed by atoms with van der Waals surface area (Å²) in [5.74, 6) is -5.92. The third kappa shape index (κ3) is 7.42. The molecule has 0 aromatic heterocycles. The molecule has 0 spiro atoms. The number of aliphatic hydroxyl groups is 3. The van der Waals surface area contributed by atoms with Gasteiger partial charge in [0.1, 0.15) is 29.5 Å². The van der Waals surface area contributed by atoms with E-state index in [1.807, 2.05) is 0 Å². The van der Waals surface area contributed by atoms with Crippen LogP contribution in [-0.4, -0.2) is 117 Å².